The smallest absolute Gasteiger partial charge is 0.264 e. The fourth-order valence-corrected chi connectivity index (χ4v) is 2.75. The van der Waals surface area contributed by atoms with Crippen LogP contribution in [0.5, 0.6) is 0 Å². The van der Waals surface area contributed by atoms with Gasteiger partial charge in [-0.1, -0.05) is 33.6 Å². The lowest BCUT2D eigenvalue weighted by Gasteiger charge is -2.07. The third kappa shape index (κ3) is 2.25. The van der Waals surface area contributed by atoms with E-state index < -0.39 is 0 Å². The zero-order valence-corrected chi connectivity index (χ0v) is 12.9. The lowest BCUT2D eigenvalue weighted by molar-refractivity contribution is 0.737. The molecule has 2 aromatic heterocycles. The van der Waals surface area contributed by atoms with Crippen LogP contribution >= 0.6 is 27.5 Å². The first-order valence-electron chi connectivity index (χ1n) is 5.87. The van der Waals surface area contributed by atoms with E-state index >= 15 is 0 Å². The molecular weight excluding hydrogens is 344 g/mol. The van der Waals surface area contributed by atoms with Crippen molar-refractivity contribution in [1.82, 2.24) is 19.3 Å². The number of halogens is 2. The van der Waals surface area contributed by atoms with Gasteiger partial charge in [0.25, 0.3) is 5.56 Å². The first-order chi connectivity index (χ1) is 9.56. The zero-order valence-electron chi connectivity index (χ0n) is 10.5. The third-order valence-electron chi connectivity index (χ3n) is 3.07. The van der Waals surface area contributed by atoms with Crippen molar-refractivity contribution in [2.24, 2.45) is 7.05 Å². The van der Waals surface area contributed by atoms with Gasteiger partial charge in [0.1, 0.15) is 11.7 Å². The van der Waals surface area contributed by atoms with Gasteiger partial charge >= 0.3 is 0 Å². The predicted octanol–water partition coefficient (Wildman–Crippen LogP) is 2.59. The quantitative estimate of drug-likeness (QED) is 0.711. The molecule has 2 heterocycles. The molecule has 0 aliphatic heterocycles. The van der Waals surface area contributed by atoms with Gasteiger partial charge in [0.2, 0.25) is 0 Å². The van der Waals surface area contributed by atoms with E-state index in [-0.39, 0.29) is 5.56 Å². The first kappa shape index (κ1) is 13.3. The fourth-order valence-electron chi connectivity index (χ4n) is 2.01. The maximum Gasteiger partial charge on any atom is 0.264 e. The van der Waals surface area contributed by atoms with Gasteiger partial charge in [0.05, 0.1) is 12.7 Å². The summed E-state index contributed by atoms with van der Waals surface area (Å²) in [6, 6.07) is 5.58. The lowest BCUT2D eigenvalue weighted by Crippen LogP contribution is -2.21. The van der Waals surface area contributed by atoms with Crippen LogP contribution in [0.3, 0.4) is 0 Å². The Morgan fingerprint density at radius 1 is 1.40 bits per heavy atom. The third-order valence-corrected chi connectivity index (χ3v) is 3.92. The Morgan fingerprint density at radius 3 is 2.95 bits per heavy atom. The standard InChI is InChI=1S/C13H10BrClN4O/c1-18-12-10(5-17-18)13(20)19(7-16-12)6-8-2-3-9(14)4-11(8)15/h2-5,7H,6H2,1H3. The maximum atomic E-state index is 12.3. The summed E-state index contributed by atoms with van der Waals surface area (Å²) in [6.07, 6.45) is 3.05. The van der Waals surface area contributed by atoms with Crippen molar-refractivity contribution >= 4 is 38.6 Å². The van der Waals surface area contributed by atoms with E-state index in [4.69, 9.17) is 11.6 Å². The number of hydrogen-bond donors (Lipinski definition) is 0. The summed E-state index contributed by atoms with van der Waals surface area (Å²) >= 11 is 9.53. The van der Waals surface area contributed by atoms with Crippen molar-refractivity contribution in [1.29, 1.82) is 0 Å². The molecule has 0 unspecified atom stereocenters. The van der Waals surface area contributed by atoms with E-state index in [1.54, 1.807) is 17.8 Å². The predicted molar refractivity (Wildman–Crippen MR) is 81.0 cm³/mol. The molecule has 0 saturated carbocycles. The van der Waals surface area contributed by atoms with Crippen LogP contribution in [-0.2, 0) is 13.6 Å². The Bertz CT molecular complexity index is 855. The lowest BCUT2D eigenvalue weighted by atomic mass is 10.2. The van der Waals surface area contributed by atoms with Gasteiger partial charge in [0.15, 0.2) is 5.65 Å². The molecule has 0 aliphatic rings. The number of aryl methyl sites for hydroxylation is 1. The van der Waals surface area contributed by atoms with Gasteiger partial charge in [-0.2, -0.15) is 5.10 Å². The highest BCUT2D eigenvalue weighted by molar-refractivity contribution is 9.10. The van der Waals surface area contributed by atoms with Crippen LogP contribution in [0, 0.1) is 0 Å². The summed E-state index contributed by atoms with van der Waals surface area (Å²) in [4.78, 5) is 16.6. The molecule has 0 saturated heterocycles. The average molecular weight is 354 g/mol. The molecule has 1 aromatic carbocycles. The molecule has 3 rings (SSSR count). The molecule has 102 valence electrons. The molecule has 20 heavy (non-hydrogen) atoms. The molecule has 7 heteroatoms. The Balaban J connectivity index is 2.07. The van der Waals surface area contributed by atoms with Crippen LogP contribution in [0.2, 0.25) is 5.02 Å². The van der Waals surface area contributed by atoms with E-state index in [0.29, 0.717) is 22.6 Å². The maximum absolute atomic E-state index is 12.3. The van der Waals surface area contributed by atoms with Crippen LogP contribution in [0.4, 0.5) is 0 Å². The van der Waals surface area contributed by atoms with E-state index in [0.717, 1.165) is 10.0 Å². The highest BCUT2D eigenvalue weighted by Crippen LogP contribution is 2.21. The van der Waals surface area contributed by atoms with Crippen LogP contribution in [0.15, 0.2) is 40.0 Å². The van der Waals surface area contributed by atoms with Crippen molar-refractivity contribution in [2.45, 2.75) is 6.54 Å². The van der Waals surface area contributed by atoms with Crippen LogP contribution < -0.4 is 5.56 Å². The first-order valence-corrected chi connectivity index (χ1v) is 7.04. The number of hydrogen-bond acceptors (Lipinski definition) is 3. The van der Waals surface area contributed by atoms with Crippen LogP contribution in [-0.4, -0.2) is 19.3 Å². The summed E-state index contributed by atoms with van der Waals surface area (Å²) in [6.45, 7) is 0.378. The molecule has 5 nitrogen and oxygen atoms in total. The van der Waals surface area contributed by atoms with Gasteiger partial charge in [-0.25, -0.2) is 4.98 Å². The molecule has 3 aromatic rings. The normalized spacial score (nSPS) is 11.2. The summed E-state index contributed by atoms with van der Waals surface area (Å²) in [7, 11) is 1.75. The SMILES string of the molecule is Cn1ncc2c(=O)n(Cc3ccc(Br)cc3Cl)cnc21. The van der Waals surface area contributed by atoms with E-state index in [1.807, 2.05) is 12.1 Å². The fraction of sp³-hybridized carbons (Fsp3) is 0.154. The number of aromatic nitrogens is 4. The Kier molecular flexibility index (Phi) is 3.35. The second-order valence-electron chi connectivity index (χ2n) is 4.42. The molecule has 0 fully saturated rings. The second kappa shape index (κ2) is 5.03. The molecule has 0 amide bonds. The summed E-state index contributed by atoms with van der Waals surface area (Å²) < 4.78 is 4.01. The minimum atomic E-state index is -0.123. The number of benzene rings is 1. The minimum absolute atomic E-state index is 0.123. The Hall–Kier alpha value is -1.66. The topological polar surface area (TPSA) is 52.7 Å². The zero-order chi connectivity index (χ0) is 14.3. The van der Waals surface area contributed by atoms with E-state index in [9.17, 15) is 4.79 Å². The van der Waals surface area contributed by atoms with Gasteiger partial charge in [-0.05, 0) is 17.7 Å². The average Bonchev–Trinajstić information content (AvgIpc) is 2.78. The Labute approximate surface area is 127 Å². The van der Waals surface area contributed by atoms with Crippen LogP contribution in [0.25, 0.3) is 11.0 Å². The summed E-state index contributed by atoms with van der Waals surface area (Å²) in [5, 5.41) is 5.15. The molecule has 0 atom stereocenters. The van der Waals surface area contributed by atoms with Crippen molar-refractivity contribution in [3.05, 3.63) is 56.1 Å². The monoisotopic (exact) mass is 352 g/mol. The van der Waals surface area contributed by atoms with Gasteiger partial charge in [-0.3, -0.25) is 14.0 Å². The molecule has 0 spiro atoms. The number of fused-ring (bicyclic) bond motifs is 1. The van der Waals surface area contributed by atoms with Crippen molar-refractivity contribution in [3.63, 3.8) is 0 Å². The minimum Gasteiger partial charge on any atom is -0.294 e. The highest BCUT2D eigenvalue weighted by atomic mass is 79.9. The van der Waals surface area contributed by atoms with Gasteiger partial charge in [-0.15, -0.1) is 0 Å². The van der Waals surface area contributed by atoms with Crippen molar-refractivity contribution < 1.29 is 0 Å². The van der Waals surface area contributed by atoms with Gasteiger partial charge < -0.3 is 0 Å². The van der Waals surface area contributed by atoms with Crippen molar-refractivity contribution in [2.75, 3.05) is 0 Å². The molecular formula is C13H10BrClN4O. The molecule has 0 bridgehead atoms. The largest absolute Gasteiger partial charge is 0.294 e. The number of rotatable bonds is 2. The number of nitrogens with zero attached hydrogens (tertiary/aromatic N) is 4. The van der Waals surface area contributed by atoms with E-state index in [2.05, 4.69) is 26.0 Å². The molecule has 0 aliphatic carbocycles. The Morgan fingerprint density at radius 2 is 2.20 bits per heavy atom. The second-order valence-corrected chi connectivity index (χ2v) is 5.74. The van der Waals surface area contributed by atoms with E-state index in [1.165, 1.54) is 17.1 Å². The van der Waals surface area contributed by atoms with Crippen LogP contribution in [0.1, 0.15) is 5.56 Å². The van der Waals surface area contributed by atoms with Crippen molar-refractivity contribution in [3.8, 4) is 0 Å². The van der Waals surface area contributed by atoms with Gasteiger partial charge in [0, 0.05) is 16.5 Å². The summed E-state index contributed by atoms with van der Waals surface area (Å²) in [5.41, 5.74) is 1.32. The molecule has 0 radical (unpaired) electrons. The highest BCUT2D eigenvalue weighted by Gasteiger charge is 2.09. The summed E-state index contributed by atoms with van der Waals surface area (Å²) in [5.74, 6) is 0. The molecule has 0 N–H and O–H groups in total.